The van der Waals surface area contributed by atoms with E-state index in [0.717, 1.165) is 12.1 Å². The number of rotatable bonds is 4. The molecule has 0 radical (unpaired) electrons. The molecule has 84 valence electrons. The molecule has 0 bridgehead atoms. The second kappa shape index (κ2) is 4.94. The Morgan fingerprint density at radius 1 is 1.31 bits per heavy atom. The summed E-state index contributed by atoms with van der Waals surface area (Å²) in [6.07, 6.45) is 1.58. The van der Waals surface area contributed by atoms with Crippen molar-refractivity contribution in [2.45, 2.75) is 13.5 Å². The van der Waals surface area contributed by atoms with Gasteiger partial charge in [0.2, 0.25) is 0 Å². The number of hydrogen-bond acceptors (Lipinski definition) is 2. The quantitative estimate of drug-likeness (QED) is 0.854. The van der Waals surface area contributed by atoms with Gasteiger partial charge in [0.1, 0.15) is 11.6 Å². The Balaban J connectivity index is 2.23. The standard InChI is InChI=1S/C13H14FNO/c1-2-15-9-11-6-5-10(8-12(11)14)13-4-3-7-16-13/h3-8,15H,2,9H2,1H3. The van der Waals surface area contributed by atoms with Crippen LogP contribution >= 0.6 is 0 Å². The molecule has 0 atom stereocenters. The molecule has 0 unspecified atom stereocenters. The summed E-state index contributed by atoms with van der Waals surface area (Å²) < 4.78 is 18.9. The van der Waals surface area contributed by atoms with E-state index in [-0.39, 0.29) is 5.82 Å². The van der Waals surface area contributed by atoms with Crippen LogP contribution in [0, 0.1) is 5.82 Å². The lowest BCUT2D eigenvalue weighted by molar-refractivity contribution is 0.576. The first-order chi connectivity index (χ1) is 7.81. The third-order valence-electron chi connectivity index (χ3n) is 2.42. The molecule has 2 nitrogen and oxygen atoms in total. The lowest BCUT2D eigenvalue weighted by Gasteiger charge is -2.05. The minimum absolute atomic E-state index is 0.199. The van der Waals surface area contributed by atoms with Crippen LogP contribution in [-0.2, 0) is 6.54 Å². The molecule has 1 heterocycles. The van der Waals surface area contributed by atoms with Crippen LogP contribution in [0.25, 0.3) is 11.3 Å². The smallest absolute Gasteiger partial charge is 0.133 e. The van der Waals surface area contributed by atoms with Gasteiger partial charge in [-0.2, -0.15) is 0 Å². The van der Waals surface area contributed by atoms with Crippen molar-refractivity contribution in [3.05, 3.63) is 48.0 Å². The van der Waals surface area contributed by atoms with E-state index in [9.17, 15) is 4.39 Å². The Morgan fingerprint density at radius 2 is 2.19 bits per heavy atom. The summed E-state index contributed by atoms with van der Waals surface area (Å²) in [6, 6.07) is 8.77. The molecule has 0 saturated heterocycles. The Morgan fingerprint density at radius 3 is 2.81 bits per heavy atom. The van der Waals surface area contributed by atoms with E-state index in [1.54, 1.807) is 18.4 Å². The highest BCUT2D eigenvalue weighted by molar-refractivity contribution is 5.57. The van der Waals surface area contributed by atoms with Crippen molar-refractivity contribution in [2.75, 3.05) is 6.54 Å². The largest absolute Gasteiger partial charge is 0.464 e. The molecule has 0 aliphatic rings. The zero-order chi connectivity index (χ0) is 11.4. The first-order valence-electron chi connectivity index (χ1n) is 5.34. The zero-order valence-corrected chi connectivity index (χ0v) is 9.16. The maximum Gasteiger partial charge on any atom is 0.133 e. The summed E-state index contributed by atoms with van der Waals surface area (Å²) >= 11 is 0. The second-order valence-corrected chi connectivity index (χ2v) is 3.56. The number of nitrogens with one attached hydrogen (secondary N) is 1. The molecular weight excluding hydrogens is 205 g/mol. The van der Waals surface area contributed by atoms with Gasteiger partial charge in [-0.1, -0.05) is 19.1 Å². The molecule has 2 rings (SSSR count). The van der Waals surface area contributed by atoms with E-state index in [2.05, 4.69) is 5.32 Å². The van der Waals surface area contributed by atoms with E-state index in [4.69, 9.17) is 4.42 Å². The van der Waals surface area contributed by atoms with Crippen molar-refractivity contribution in [1.29, 1.82) is 0 Å². The first-order valence-corrected chi connectivity index (χ1v) is 5.34. The number of furan rings is 1. The van der Waals surface area contributed by atoms with E-state index < -0.39 is 0 Å². The normalized spacial score (nSPS) is 10.6. The predicted molar refractivity (Wildman–Crippen MR) is 61.5 cm³/mol. The summed E-state index contributed by atoms with van der Waals surface area (Å²) in [5, 5.41) is 3.10. The van der Waals surface area contributed by atoms with Gasteiger partial charge in [0.05, 0.1) is 6.26 Å². The van der Waals surface area contributed by atoms with Crippen LogP contribution < -0.4 is 5.32 Å². The van der Waals surface area contributed by atoms with Gasteiger partial charge in [0.25, 0.3) is 0 Å². The number of hydrogen-bond donors (Lipinski definition) is 1. The third kappa shape index (κ3) is 2.31. The summed E-state index contributed by atoms with van der Waals surface area (Å²) in [7, 11) is 0. The van der Waals surface area contributed by atoms with Crippen LogP contribution in [0.2, 0.25) is 0 Å². The lowest BCUT2D eigenvalue weighted by atomic mass is 10.1. The fourth-order valence-corrected chi connectivity index (χ4v) is 1.55. The zero-order valence-electron chi connectivity index (χ0n) is 9.16. The Kier molecular flexibility index (Phi) is 3.37. The SMILES string of the molecule is CCNCc1ccc(-c2ccco2)cc1F. The van der Waals surface area contributed by atoms with Crippen LogP contribution in [0.1, 0.15) is 12.5 Å². The van der Waals surface area contributed by atoms with Gasteiger partial charge in [0, 0.05) is 17.7 Å². The Bertz CT molecular complexity index is 451. The van der Waals surface area contributed by atoms with Crippen molar-refractivity contribution >= 4 is 0 Å². The molecule has 0 spiro atoms. The average molecular weight is 219 g/mol. The van der Waals surface area contributed by atoms with E-state index in [1.807, 2.05) is 19.1 Å². The molecule has 0 saturated carbocycles. The monoisotopic (exact) mass is 219 g/mol. The molecule has 3 heteroatoms. The highest BCUT2D eigenvalue weighted by Crippen LogP contribution is 2.22. The molecule has 2 aromatic rings. The van der Waals surface area contributed by atoms with Crippen LogP contribution in [0.15, 0.2) is 41.0 Å². The van der Waals surface area contributed by atoms with Crippen molar-refractivity contribution in [2.24, 2.45) is 0 Å². The van der Waals surface area contributed by atoms with Gasteiger partial charge in [-0.15, -0.1) is 0 Å². The van der Waals surface area contributed by atoms with Crippen LogP contribution in [-0.4, -0.2) is 6.54 Å². The van der Waals surface area contributed by atoms with Gasteiger partial charge in [-0.3, -0.25) is 0 Å². The molecule has 1 N–H and O–H groups in total. The minimum atomic E-state index is -0.199. The van der Waals surface area contributed by atoms with Crippen LogP contribution in [0.4, 0.5) is 4.39 Å². The van der Waals surface area contributed by atoms with E-state index in [0.29, 0.717) is 17.9 Å². The fraction of sp³-hybridized carbons (Fsp3) is 0.231. The number of halogens is 1. The molecule has 0 aliphatic heterocycles. The van der Waals surface area contributed by atoms with Crippen molar-refractivity contribution in [3.8, 4) is 11.3 Å². The Labute approximate surface area is 94.1 Å². The molecule has 0 fully saturated rings. The highest BCUT2D eigenvalue weighted by atomic mass is 19.1. The Hall–Kier alpha value is -1.61. The van der Waals surface area contributed by atoms with Gasteiger partial charge in [-0.05, 0) is 24.7 Å². The molecule has 0 aliphatic carbocycles. The van der Waals surface area contributed by atoms with Crippen LogP contribution in [0.3, 0.4) is 0 Å². The summed E-state index contributed by atoms with van der Waals surface area (Å²) in [6.45, 7) is 3.38. The highest BCUT2D eigenvalue weighted by Gasteiger charge is 2.06. The molecule has 1 aromatic heterocycles. The fourth-order valence-electron chi connectivity index (χ4n) is 1.55. The van der Waals surface area contributed by atoms with Gasteiger partial charge in [-0.25, -0.2) is 4.39 Å². The van der Waals surface area contributed by atoms with Crippen molar-refractivity contribution in [3.63, 3.8) is 0 Å². The minimum Gasteiger partial charge on any atom is -0.464 e. The maximum absolute atomic E-state index is 13.7. The second-order valence-electron chi connectivity index (χ2n) is 3.56. The summed E-state index contributed by atoms with van der Waals surface area (Å²) in [4.78, 5) is 0. The average Bonchev–Trinajstić information content (AvgIpc) is 2.81. The van der Waals surface area contributed by atoms with Crippen molar-refractivity contribution < 1.29 is 8.81 Å². The van der Waals surface area contributed by atoms with Gasteiger partial charge in [0.15, 0.2) is 0 Å². The lowest BCUT2D eigenvalue weighted by Crippen LogP contribution is -2.12. The van der Waals surface area contributed by atoms with Crippen molar-refractivity contribution in [1.82, 2.24) is 5.32 Å². The van der Waals surface area contributed by atoms with Gasteiger partial charge >= 0.3 is 0 Å². The first kappa shape index (κ1) is 10.9. The van der Waals surface area contributed by atoms with Crippen LogP contribution in [0.5, 0.6) is 0 Å². The molecule has 1 aromatic carbocycles. The third-order valence-corrected chi connectivity index (χ3v) is 2.42. The molecule has 16 heavy (non-hydrogen) atoms. The molecule has 0 amide bonds. The number of benzene rings is 1. The maximum atomic E-state index is 13.7. The van der Waals surface area contributed by atoms with E-state index in [1.165, 1.54) is 6.07 Å². The topological polar surface area (TPSA) is 25.2 Å². The van der Waals surface area contributed by atoms with Gasteiger partial charge < -0.3 is 9.73 Å². The van der Waals surface area contributed by atoms with E-state index >= 15 is 0 Å². The molecular formula is C13H14FNO. The summed E-state index contributed by atoms with van der Waals surface area (Å²) in [5.74, 6) is 0.490. The predicted octanol–water partition coefficient (Wildman–Crippen LogP) is 3.20. The summed E-state index contributed by atoms with van der Waals surface area (Å²) in [5.41, 5.74) is 1.44.